The van der Waals surface area contributed by atoms with Crippen LogP contribution >= 0.6 is 11.6 Å². The normalized spacial score (nSPS) is 14.8. The van der Waals surface area contributed by atoms with Gasteiger partial charge in [-0.15, -0.1) is 0 Å². The van der Waals surface area contributed by atoms with Crippen LogP contribution in [0.4, 0.5) is 5.69 Å². The van der Waals surface area contributed by atoms with E-state index in [-0.39, 0.29) is 28.9 Å². The first-order valence-corrected chi connectivity index (χ1v) is 11.3. The van der Waals surface area contributed by atoms with Crippen molar-refractivity contribution in [2.45, 2.75) is 13.0 Å². The van der Waals surface area contributed by atoms with E-state index in [2.05, 4.69) is 0 Å². The van der Waals surface area contributed by atoms with Gasteiger partial charge in [0.15, 0.2) is 5.43 Å². The van der Waals surface area contributed by atoms with Crippen molar-refractivity contribution >= 4 is 40.1 Å². The minimum Gasteiger partial charge on any atom is -0.497 e. The van der Waals surface area contributed by atoms with E-state index in [0.29, 0.717) is 33.0 Å². The molecule has 0 saturated carbocycles. The second-order valence-electron chi connectivity index (χ2n) is 7.93. The quantitative estimate of drug-likeness (QED) is 0.350. The predicted octanol–water partition coefficient (Wildman–Crippen LogP) is 5.38. The van der Waals surface area contributed by atoms with Gasteiger partial charge in [-0.3, -0.25) is 14.5 Å². The minimum absolute atomic E-state index is 0.0277. The number of fused-ring (bicyclic) bond motifs is 2. The van der Waals surface area contributed by atoms with E-state index in [1.807, 2.05) is 0 Å². The van der Waals surface area contributed by atoms with Gasteiger partial charge in [-0.25, -0.2) is 4.79 Å². The number of benzene rings is 3. The fourth-order valence-corrected chi connectivity index (χ4v) is 4.46. The van der Waals surface area contributed by atoms with Crippen molar-refractivity contribution in [3.63, 3.8) is 0 Å². The van der Waals surface area contributed by atoms with E-state index < -0.39 is 17.9 Å². The Kier molecular flexibility index (Phi) is 5.78. The molecule has 2 heterocycles. The number of hydrogen-bond donors (Lipinski definition) is 0. The number of halogens is 1. The van der Waals surface area contributed by atoms with Crippen molar-refractivity contribution in [2.24, 2.45) is 0 Å². The Hall–Kier alpha value is -4.10. The summed E-state index contributed by atoms with van der Waals surface area (Å²) in [7, 11) is 1.56. The van der Waals surface area contributed by atoms with Gasteiger partial charge in [-0.05, 0) is 67.1 Å². The van der Waals surface area contributed by atoms with Crippen LogP contribution in [0.2, 0.25) is 5.02 Å². The van der Waals surface area contributed by atoms with Gasteiger partial charge >= 0.3 is 5.97 Å². The highest BCUT2D eigenvalue weighted by Gasteiger charge is 2.43. The molecular formula is C27H20ClNO6. The van der Waals surface area contributed by atoms with Gasteiger partial charge in [0.1, 0.15) is 11.3 Å². The molecule has 1 aromatic heterocycles. The zero-order valence-corrected chi connectivity index (χ0v) is 19.7. The molecule has 0 bridgehead atoms. The van der Waals surface area contributed by atoms with E-state index >= 15 is 0 Å². The monoisotopic (exact) mass is 489 g/mol. The Balaban J connectivity index is 1.70. The second kappa shape index (κ2) is 8.92. The average Bonchev–Trinajstić information content (AvgIpc) is 3.17. The largest absolute Gasteiger partial charge is 0.497 e. The molecule has 4 aromatic rings. The Morgan fingerprint density at radius 1 is 1.03 bits per heavy atom. The number of rotatable bonds is 5. The van der Waals surface area contributed by atoms with Crippen LogP contribution in [-0.2, 0) is 4.74 Å². The smallest absolute Gasteiger partial charge is 0.338 e. The zero-order valence-electron chi connectivity index (χ0n) is 18.9. The molecular weight excluding hydrogens is 470 g/mol. The molecule has 1 amide bonds. The lowest BCUT2D eigenvalue weighted by atomic mass is 9.98. The second-order valence-corrected chi connectivity index (χ2v) is 8.37. The van der Waals surface area contributed by atoms with Gasteiger partial charge in [-0.1, -0.05) is 23.7 Å². The van der Waals surface area contributed by atoms with E-state index in [0.717, 1.165) is 0 Å². The number of ether oxygens (including phenoxy) is 2. The number of hydrogen-bond acceptors (Lipinski definition) is 6. The number of methoxy groups -OCH3 is 1. The molecule has 1 aliphatic heterocycles. The van der Waals surface area contributed by atoms with Crippen molar-refractivity contribution in [3.8, 4) is 5.75 Å². The first-order chi connectivity index (χ1) is 16.9. The van der Waals surface area contributed by atoms with E-state index in [4.69, 9.17) is 25.5 Å². The fraction of sp³-hybridized carbons (Fsp3) is 0.148. The van der Waals surface area contributed by atoms with Crippen LogP contribution < -0.4 is 15.1 Å². The highest BCUT2D eigenvalue weighted by Crippen LogP contribution is 2.41. The molecule has 0 saturated heterocycles. The SMILES string of the molecule is CCOC(=O)c1ccc(N2C(=O)c3oc4ccc(Cl)cc4c(=O)c3C2c2ccc(OC)cc2)cc1. The Morgan fingerprint density at radius 3 is 2.40 bits per heavy atom. The summed E-state index contributed by atoms with van der Waals surface area (Å²) in [6, 6.07) is 17.5. The van der Waals surface area contributed by atoms with Gasteiger partial charge in [0, 0.05) is 10.7 Å². The first-order valence-electron chi connectivity index (χ1n) is 10.9. The molecule has 0 radical (unpaired) electrons. The van der Waals surface area contributed by atoms with E-state index in [1.54, 1.807) is 74.7 Å². The molecule has 1 aliphatic rings. The molecule has 1 unspecified atom stereocenters. The third-order valence-electron chi connectivity index (χ3n) is 5.92. The highest BCUT2D eigenvalue weighted by molar-refractivity contribution is 6.31. The van der Waals surface area contributed by atoms with Crippen LogP contribution in [0.3, 0.4) is 0 Å². The number of amides is 1. The van der Waals surface area contributed by atoms with Crippen molar-refractivity contribution in [1.82, 2.24) is 0 Å². The Labute approximate surface area is 205 Å². The minimum atomic E-state index is -0.753. The van der Waals surface area contributed by atoms with Crippen molar-refractivity contribution in [2.75, 3.05) is 18.6 Å². The summed E-state index contributed by atoms with van der Waals surface area (Å²) in [5, 5.41) is 0.684. The van der Waals surface area contributed by atoms with E-state index in [9.17, 15) is 14.4 Å². The van der Waals surface area contributed by atoms with Gasteiger partial charge in [0.25, 0.3) is 5.91 Å². The van der Waals surface area contributed by atoms with Crippen LogP contribution in [0.1, 0.15) is 45.0 Å². The van der Waals surface area contributed by atoms with Crippen molar-refractivity contribution in [3.05, 3.63) is 104 Å². The van der Waals surface area contributed by atoms with Gasteiger partial charge < -0.3 is 13.9 Å². The third kappa shape index (κ3) is 3.84. The summed E-state index contributed by atoms with van der Waals surface area (Å²) in [5.74, 6) is -0.304. The number of anilines is 1. The zero-order chi connectivity index (χ0) is 24.7. The summed E-state index contributed by atoms with van der Waals surface area (Å²) in [5.41, 5.74) is 1.72. The maximum atomic E-state index is 13.6. The van der Waals surface area contributed by atoms with Crippen molar-refractivity contribution in [1.29, 1.82) is 0 Å². The maximum Gasteiger partial charge on any atom is 0.338 e. The van der Waals surface area contributed by atoms with Crippen LogP contribution in [0.5, 0.6) is 5.75 Å². The lowest BCUT2D eigenvalue weighted by molar-refractivity contribution is 0.0526. The molecule has 0 spiro atoms. The summed E-state index contributed by atoms with van der Waals surface area (Å²) >= 11 is 6.13. The lowest BCUT2D eigenvalue weighted by Crippen LogP contribution is -2.29. The summed E-state index contributed by atoms with van der Waals surface area (Å²) < 4.78 is 16.3. The lowest BCUT2D eigenvalue weighted by Gasteiger charge is -2.25. The van der Waals surface area contributed by atoms with E-state index in [1.165, 1.54) is 11.0 Å². The number of esters is 1. The van der Waals surface area contributed by atoms with Crippen LogP contribution in [0.15, 0.2) is 75.9 Å². The molecule has 0 fully saturated rings. The summed E-state index contributed by atoms with van der Waals surface area (Å²) in [4.78, 5) is 40.9. The van der Waals surface area contributed by atoms with Gasteiger partial charge in [-0.2, -0.15) is 0 Å². The molecule has 0 aliphatic carbocycles. The molecule has 1 atom stereocenters. The molecule has 0 N–H and O–H groups in total. The third-order valence-corrected chi connectivity index (χ3v) is 6.16. The van der Waals surface area contributed by atoms with Gasteiger partial charge in [0.05, 0.1) is 36.3 Å². The molecule has 176 valence electrons. The first kappa shape index (κ1) is 22.7. The average molecular weight is 490 g/mol. The number of nitrogens with zero attached hydrogens (tertiary/aromatic N) is 1. The summed E-state index contributed by atoms with van der Waals surface area (Å²) in [6.07, 6.45) is 0. The van der Waals surface area contributed by atoms with Crippen molar-refractivity contribution < 1.29 is 23.5 Å². The van der Waals surface area contributed by atoms with Crippen LogP contribution in [0.25, 0.3) is 11.0 Å². The molecule has 35 heavy (non-hydrogen) atoms. The van der Waals surface area contributed by atoms with Crippen LogP contribution in [0, 0.1) is 0 Å². The number of carbonyl (C=O) groups excluding carboxylic acids is 2. The van der Waals surface area contributed by atoms with Crippen LogP contribution in [-0.4, -0.2) is 25.6 Å². The maximum absolute atomic E-state index is 13.6. The summed E-state index contributed by atoms with van der Waals surface area (Å²) in [6.45, 7) is 1.98. The topological polar surface area (TPSA) is 86.0 Å². The Morgan fingerprint density at radius 2 is 1.74 bits per heavy atom. The fourth-order valence-electron chi connectivity index (χ4n) is 4.29. The number of carbonyl (C=O) groups is 2. The molecule has 8 heteroatoms. The Bertz CT molecular complexity index is 1510. The molecule has 3 aromatic carbocycles. The molecule has 5 rings (SSSR count). The standard InChI is InChI=1S/C27H20ClNO6/c1-3-34-27(32)16-4-9-18(10-5-16)29-23(15-6-11-19(33-2)12-7-15)22-24(30)20-14-17(28)8-13-21(20)35-25(22)26(29)31/h4-14,23H,3H2,1-2H3. The predicted molar refractivity (Wildman–Crippen MR) is 132 cm³/mol. The van der Waals surface area contributed by atoms with Gasteiger partial charge in [0.2, 0.25) is 5.76 Å². The highest BCUT2D eigenvalue weighted by atomic mass is 35.5. The molecule has 7 nitrogen and oxygen atoms in total.